The standard InChI is InChI=1S/C8H9N7O4/c9-7(10)13-8(11)12-4-1-5(14(16)17)3-6(2-4)15(18)19/h1-3H,(H6,9,10,11,12,13). The smallest absolute Gasteiger partial charge is 0.278 e. The zero-order valence-electron chi connectivity index (χ0n) is 9.39. The van der Waals surface area contributed by atoms with Crippen LogP contribution in [0.4, 0.5) is 17.1 Å². The third-order valence-electron chi connectivity index (χ3n) is 1.80. The lowest BCUT2D eigenvalue weighted by Crippen LogP contribution is -2.26. The van der Waals surface area contributed by atoms with Crippen LogP contribution in [-0.4, -0.2) is 21.8 Å². The molecule has 1 rings (SSSR count). The maximum absolute atomic E-state index is 10.6. The van der Waals surface area contributed by atoms with Gasteiger partial charge in [0.1, 0.15) is 0 Å². The summed E-state index contributed by atoms with van der Waals surface area (Å²) in [5.74, 6) is -0.740. The Morgan fingerprint density at radius 2 is 1.47 bits per heavy atom. The molecule has 0 atom stereocenters. The summed E-state index contributed by atoms with van der Waals surface area (Å²) in [4.78, 5) is 26.7. The predicted molar refractivity (Wildman–Crippen MR) is 66.8 cm³/mol. The van der Waals surface area contributed by atoms with Crippen molar-refractivity contribution in [3.63, 3.8) is 0 Å². The minimum absolute atomic E-state index is 0.108. The molecule has 0 bridgehead atoms. The molecule has 0 heterocycles. The highest BCUT2D eigenvalue weighted by atomic mass is 16.6. The number of non-ortho nitro benzene ring substituents is 2. The predicted octanol–water partition coefficient (Wildman–Crippen LogP) is -0.277. The van der Waals surface area contributed by atoms with Crippen LogP contribution in [0.2, 0.25) is 0 Å². The molecule has 0 radical (unpaired) electrons. The van der Waals surface area contributed by atoms with Gasteiger partial charge in [0.2, 0.25) is 5.96 Å². The minimum atomic E-state index is -0.789. The van der Waals surface area contributed by atoms with Gasteiger partial charge in [-0.15, -0.1) is 0 Å². The number of aliphatic imine (C=N–C) groups is 2. The van der Waals surface area contributed by atoms with Crippen molar-refractivity contribution in [3.8, 4) is 0 Å². The van der Waals surface area contributed by atoms with Gasteiger partial charge >= 0.3 is 0 Å². The van der Waals surface area contributed by atoms with E-state index >= 15 is 0 Å². The summed E-state index contributed by atoms with van der Waals surface area (Å²) >= 11 is 0. The molecule has 0 aliphatic heterocycles. The molecule has 0 aliphatic carbocycles. The van der Waals surface area contributed by atoms with Gasteiger partial charge in [-0.3, -0.25) is 20.2 Å². The first kappa shape index (κ1) is 13.8. The molecule has 1 aromatic carbocycles. The van der Waals surface area contributed by atoms with Crippen molar-refractivity contribution in [2.24, 2.45) is 27.2 Å². The summed E-state index contributed by atoms with van der Waals surface area (Å²) in [5, 5.41) is 21.3. The van der Waals surface area contributed by atoms with E-state index in [4.69, 9.17) is 17.2 Å². The Hall–Kier alpha value is -3.24. The van der Waals surface area contributed by atoms with Gasteiger partial charge in [-0.2, -0.15) is 4.99 Å². The number of nitro groups is 2. The highest BCUT2D eigenvalue weighted by Crippen LogP contribution is 2.27. The van der Waals surface area contributed by atoms with E-state index in [1.54, 1.807) is 0 Å². The van der Waals surface area contributed by atoms with Crippen molar-refractivity contribution in [2.45, 2.75) is 0 Å². The van der Waals surface area contributed by atoms with Gasteiger partial charge in [-0.1, -0.05) is 0 Å². The molecule has 0 unspecified atom stereocenters. The Labute approximate surface area is 105 Å². The van der Waals surface area contributed by atoms with Crippen molar-refractivity contribution in [1.82, 2.24) is 0 Å². The van der Waals surface area contributed by atoms with Crippen LogP contribution in [0.15, 0.2) is 28.2 Å². The molecule has 0 saturated heterocycles. The first-order chi connectivity index (χ1) is 8.79. The fraction of sp³-hybridized carbons (Fsp3) is 0. The number of nitrogens with two attached hydrogens (primary N) is 3. The van der Waals surface area contributed by atoms with E-state index in [9.17, 15) is 20.2 Å². The Morgan fingerprint density at radius 1 is 1.00 bits per heavy atom. The minimum Gasteiger partial charge on any atom is -0.370 e. The van der Waals surface area contributed by atoms with Crippen LogP contribution < -0.4 is 17.2 Å². The van der Waals surface area contributed by atoms with Gasteiger partial charge in [0.15, 0.2) is 5.96 Å². The van der Waals surface area contributed by atoms with E-state index in [0.29, 0.717) is 0 Å². The topological polar surface area (TPSA) is 189 Å². The lowest BCUT2D eigenvalue weighted by atomic mass is 10.2. The van der Waals surface area contributed by atoms with Crippen molar-refractivity contribution < 1.29 is 9.85 Å². The summed E-state index contributed by atoms with van der Waals surface area (Å²) in [6.07, 6.45) is 0. The van der Waals surface area contributed by atoms with Crippen molar-refractivity contribution in [1.29, 1.82) is 0 Å². The second kappa shape index (κ2) is 5.39. The molecule has 6 N–H and O–H groups in total. The number of hydrogen-bond donors (Lipinski definition) is 3. The number of hydrogen-bond acceptors (Lipinski definition) is 5. The van der Waals surface area contributed by atoms with Crippen LogP contribution in [-0.2, 0) is 0 Å². The number of nitrogens with zero attached hydrogens (tertiary/aromatic N) is 4. The lowest BCUT2D eigenvalue weighted by Gasteiger charge is -1.98. The molecule has 0 aromatic heterocycles. The molecule has 19 heavy (non-hydrogen) atoms. The average molecular weight is 267 g/mol. The quantitative estimate of drug-likeness (QED) is 0.290. The van der Waals surface area contributed by atoms with E-state index in [-0.39, 0.29) is 17.6 Å². The Bertz CT molecular complexity index is 559. The Balaban J connectivity index is 3.31. The number of rotatable bonds is 3. The van der Waals surface area contributed by atoms with Gasteiger partial charge < -0.3 is 17.2 Å². The van der Waals surface area contributed by atoms with Gasteiger partial charge in [0.05, 0.1) is 21.6 Å². The van der Waals surface area contributed by atoms with Gasteiger partial charge in [-0.05, 0) is 0 Å². The zero-order valence-corrected chi connectivity index (χ0v) is 9.39. The highest BCUT2D eigenvalue weighted by Gasteiger charge is 2.16. The third-order valence-corrected chi connectivity index (χ3v) is 1.80. The second-order valence-corrected chi connectivity index (χ2v) is 3.23. The van der Waals surface area contributed by atoms with Crippen LogP contribution >= 0.6 is 0 Å². The molecule has 11 nitrogen and oxygen atoms in total. The molecule has 0 aliphatic rings. The number of guanidine groups is 2. The van der Waals surface area contributed by atoms with Crippen molar-refractivity contribution >= 4 is 29.0 Å². The van der Waals surface area contributed by atoms with Gasteiger partial charge in [0.25, 0.3) is 11.4 Å². The second-order valence-electron chi connectivity index (χ2n) is 3.23. The molecule has 0 spiro atoms. The fourth-order valence-electron chi connectivity index (χ4n) is 1.14. The van der Waals surface area contributed by atoms with Crippen molar-refractivity contribution in [3.05, 3.63) is 38.4 Å². The van der Waals surface area contributed by atoms with Crippen LogP contribution in [0.3, 0.4) is 0 Å². The monoisotopic (exact) mass is 267 g/mol. The summed E-state index contributed by atoms with van der Waals surface area (Å²) in [5.41, 5.74) is 14.3. The van der Waals surface area contributed by atoms with Crippen LogP contribution in [0, 0.1) is 20.2 Å². The Morgan fingerprint density at radius 3 is 1.84 bits per heavy atom. The SMILES string of the molecule is NC(N)=NC(N)=Nc1cc([N+](=O)[O-])cc([N+](=O)[O-])c1. The van der Waals surface area contributed by atoms with Gasteiger partial charge in [0, 0.05) is 12.1 Å². The molecule has 11 heteroatoms. The maximum atomic E-state index is 10.6. The number of benzene rings is 1. The van der Waals surface area contributed by atoms with E-state index in [1.807, 2.05) is 0 Å². The van der Waals surface area contributed by atoms with E-state index in [0.717, 1.165) is 18.2 Å². The molecule has 0 amide bonds. The summed E-state index contributed by atoms with van der Waals surface area (Å²) in [6, 6.07) is 2.81. The Kier molecular flexibility index (Phi) is 3.93. The first-order valence-electron chi connectivity index (χ1n) is 4.67. The molecule has 0 saturated carbocycles. The lowest BCUT2D eigenvalue weighted by molar-refractivity contribution is -0.394. The van der Waals surface area contributed by atoms with Crippen LogP contribution in [0.5, 0.6) is 0 Å². The van der Waals surface area contributed by atoms with Crippen LogP contribution in [0.25, 0.3) is 0 Å². The third kappa shape index (κ3) is 3.92. The van der Waals surface area contributed by atoms with Gasteiger partial charge in [-0.25, -0.2) is 4.99 Å². The molecular weight excluding hydrogens is 258 g/mol. The highest BCUT2D eigenvalue weighted by molar-refractivity contribution is 5.93. The molecule has 0 fully saturated rings. The summed E-state index contributed by atoms with van der Waals surface area (Å²) in [7, 11) is 0. The zero-order chi connectivity index (χ0) is 14.6. The summed E-state index contributed by atoms with van der Waals surface area (Å²) < 4.78 is 0. The van der Waals surface area contributed by atoms with Crippen molar-refractivity contribution in [2.75, 3.05) is 0 Å². The van der Waals surface area contributed by atoms with E-state index in [1.165, 1.54) is 0 Å². The molecule has 100 valence electrons. The molecular formula is C8H9N7O4. The average Bonchev–Trinajstić information content (AvgIpc) is 2.26. The first-order valence-corrected chi connectivity index (χ1v) is 4.67. The molecule has 1 aromatic rings. The largest absolute Gasteiger partial charge is 0.370 e. The normalized spacial score (nSPS) is 10.8. The maximum Gasteiger partial charge on any atom is 0.278 e. The number of nitro benzene ring substituents is 2. The van der Waals surface area contributed by atoms with E-state index in [2.05, 4.69) is 9.98 Å². The summed E-state index contributed by atoms with van der Waals surface area (Å²) in [6.45, 7) is 0. The van der Waals surface area contributed by atoms with E-state index < -0.39 is 21.2 Å². The fourth-order valence-corrected chi connectivity index (χ4v) is 1.14. The van der Waals surface area contributed by atoms with Crippen LogP contribution in [0.1, 0.15) is 0 Å².